The van der Waals surface area contributed by atoms with E-state index in [-0.39, 0.29) is 28.8 Å². The van der Waals surface area contributed by atoms with Crippen LogP contribution in [0, 0.1) is 0 Å². The second kappa shape index (κ2) is 15.5. The minimum Gasteiger partial charge on any atom is -0.504 e. The highest BCUT2D eigenvalue weighted by Crippen LogP contribution is 2.28. The second-order valence-corrected chi connectivity index (χ2v) is 7.38. The SMILES string of the molecule is CCC(=O)c1ccc(O)c(OC)c1.CCC(=O)c1ccc(O)c(OC)c1.COc1cc(C=O)ccc1O. The summed E-state index contributed by atoms with van der Waals surface area (Å²) in [5.74, 6) is 1.20. The maximum atomic E-state index is 11.3. The number of phenolic OH excluding ortho intramolecular Hbond substituents is 3. The van der Waals surface area contributed by atoms with Crippen molar-refractivity contribution in [2.24, 2.45) is 0 Å². The van der Waals surface area contributed by atoms with Crippen LogP contribution in [-0.4, -0.2) is 54.5 Å². The fourth-order valence-corrected chi connectivity index (χ4v) is 2.88. The largest absolute Gasteiger partial charge is 0.504 e. The van der Waals surface area contributed by atoms with Gasteiger partial charge < -0.3 is 29.5 Å². The van der Waals surface area contributed by atoms with Crippen molar-refractivity contribution in [1.82, 2.24) is 0 Å². The van der Waals surface area contributed by atoms with Crippen molar-refractivity contribution in [3.05, 3.63) is 71.3 Å². The number of carbonyl (C=O) groups is 3. The highest BCUT2D eigenvalue weighted by atomic mass is 16.5. The van der Waals surface area contributed by atoms with Gasteiger partial charge in [0, 0.05) is 29.5 Å². The Morgan fingerprint density at radius 3 is 1.32 bits per heavy atom. The average Bonchev–Trinajstić information content (AvgIpc) is 2.93. The Bertz CT molecular complexity index is 1140. The monoisotopic (exact) mass is 512 g/mol. The van der Waals surface area contributed by atoms with Gasteiger partial charge in [-0.2, -0.15) is 0 Å². The first kappa shape index (κ1) is 30.5. The van der Waals surface area contributed by atoms with Crippen molar-refractivity contribution in [3.8, 4) is 34.5 Å². The molecule has 37 heavy (non-hydrogen) atoms. The molecule has 0 amide bonds. The van der Waals surface area contributed by atoms with Gasteiger partial charge in [-0.05, 0) is 54.6 Å². The minimum atomic E-state index is 0.0399. The summed E-state index contributed by atoms with van der Waals surface area (Å²) in [6, 6.07) is 13.6. The summed E-state index contributed by atoms with van der Waals surface area (Å²) < 4.78 is 14.5. The second-order valence-electron chi connectivity index (χ2n) is 7.38. The van der Waals surface area contributed by atoms with Gasteiger partial charge in [0.1, 0.15) is 6.29 Å². The van der Waals surface area contributed by atoms with E-state index in [9.17, 15) is 24.6 Å². The summed E-state index contributed by atoms with van der Waals surface area (Å²) in [7, 11) is 4.34. The van der Waals surface area contributed by atoms with E-state index in [1.165, 1.54) is 51.7 Å². The highest BCUT2D eigenvalue weighted by molar-refractivity contribution is 5.97. The number of ether oxygens (including phenoxy) is 3. The molecule has 3 aromatic rings. The number of methoxy groups -OCH3 is 3. The molecule has 3 rings (SSSR count). The molecule has 0 saturated heterocycles. The zero-order chi connectivity index (χ0) is 28.0. The number of hydrogen-bond donors (Lipinski definition) is 3. The summed E-state index contributed by atoms with van der Waals surface area (Å²) in [6.07, 6.45) is 1.60. The molecule has 0 fully saturated rings. The lowest BCUT2D eigenvalue weighted by molar-refractivity contribution is 0.0980. The van der Waals surface area contributed by atoms with Crippen molar-refractivity contribution in [3.63, 3.8) is 0 Å². The maximum absolute atomic E-state index is 11.3. The Hall–Kier alpha value is -4.53. The highest BCUT2D eigenvalue weighted by Gasteiger charge is 2.08. The Labute approximate surface area is 215 Å². The fourth-order valence-electron chi connectivity index (χ4n) is 2.88. The van der Waals surface area contributed by atoms with Gasteiger partial charge in [0.15, 0.2) is 46.1 Å². The number of aromatic hydroxyl groups is 3. The predicted octanol–water partition coefficient (Wildman–Crippen LogP) is 5.20. The molecule has 0 radical (unpaired) electrons. The van der Waals surface area contributed by atoms with Crippen LogP contribution in [0.15, 0.2) is 54.6 Å². The molecule has 9 heteroatoms. The van der Waals surface area contributed by atoms with E-state index in [1.54, 1.807) is 38.1 Å². The molecule has 0 aromatic heterocycles. The van der Waals surface area contributed by atoms with Crippen LogP contribution in [-0.2, 0) is 0 Å². The first-order valence-corrected chi connectivity index (χ1v) is 11.3. The van der Waals surface area contributed by atoms with E-state index in [0.717, 1.165) is 0 Å². The third-order valence-electron chi connectivity index (χ3n) is 4.99. The van der Waals surface area contributed by atoms with Gasteiger partial charge in [0.25, 0.3) is 0 Å². The first-order valence-electron chi connectivity index (χ1n) is 11.3. The number of carbonyl (C=O) groups excluding carboxylic acids is 3. The van der Waals surface area contributed by atoms with Crippen LogP contribution < -0.4 is 14.2 Å². The molecule has 0 unspecified atom stereocenters. The molecule has 0 aliphatic heterocycles. The molecular weight excluding hydrogens is 480 g/mol. The van der Waals surface area contributed by atoms with Crippen LogP contribution in [0.25, 0.3) is 0 Å². The van der Waals surface area contributed by atoms with Crippen molar-refractivity contribution < 1.29 is 43.9 Å². The Morgan fingerprint density at radius 1 is 0.649 bits per heavy atom. The topological polar surface area (TPSA) is 140 Å². The molecule has 0 atom stereocenters. The Morgan fingerprint density at radius 2 is 1.00 bits per heavy atom. The number of aldehydes is 1. The molecule has 0 saturated carbocycles. The fraction of sp³-hybridized carbons (Fsp3) is 0.250. The van der Waals surface area contributed by atoms with Gasteiger partial charge in [-0.15, -0.1) is 0 Å². The number of benzene rings is 3. The minimum absolute atomic E-state index is 0.0399. The molecule has 0 heterocycles. The van der Waals surface area contributed by atoms with Crippen molar-refractivity contribution >= 4 is 17.9 Å². The average molecular weight is 513 g/mol. The van der Waals surface area contributed by atoms with Crippen LogP contribution in [0.3, 0.4) is 0 Å². The smallest absolute Gasteiger partial charge is 0.162 e. The molecular formula is C28H32O9. The quantitative estimate of drug-likeness (QED) is 0.274. The van der Waals surface area contributed by atoms with Crippen molar-refractivity contribution in [1.29, 1.82) is 0 Å². The van der Waals surface area contributed by atoms with Crippen LogP contribution in [0.1, 0.15) is 57.8 Å². The van der Waals surface area contributed by atoms with Gasteiger partial charge in [-0.1, -0.05) is 13.8 Å². The summed E-state index contributed by atoms with van der Waals surface area (Å²) in [5.41, 5.74) is 1.62. The summed E-state index contributed by atoms with van der Waals surface area (Å²) in [6.45, 7) is 3.59. The zero-order valence-corrected chi connectivity index (χ0v) is 21.5. The maximum Gasteiger partial charge on any atom is 0.162 e. The third-order valence-corrected chi connectivity index (χ3v) is 4.99. The summed E-state index contributed by atoms with van der Waals surface area (Å²) >= 11 is 0. The molecule has 9 nitrogen and oxygen atoms in total. The van der Waals surface area contributed by atoms with Gasteiger partial charge in [0.2, 0.25) is 0 Å². The zero-order valence-electron chi connectivity index (χ0n) is 21.5. The van der Waals surface area contributed by atoms with Crippen LogP contribution in [0.4, 0.5) is 0 Å². The normalized spacial score (nSPS) is 9.54. The predicted molar refractivity (Wildman–Crippen MR) is 139 cm³/mol. The van der Waals surface area contributed by atoms with E-state index >= 15 is 0 Å². The lowest BCUT2D eigenvalue weighted by atomic mass is 10.1. The van der Waals surface area contributed by atoms with Gasteiger partial charge >= 0.3 is 0 Å². The van der Waals surface area contributed by atoms with Crippen LogP contribution >= 0.6 is 0 Å². The number of rotatable bonds is 8. The molecule has 0 aliphatic carbocycles. The Balaban J connectivity index is 0.000000279. The van der Waals surface area contributed by atoms with E-state index in [2.05, 4.69) is 0 Å². The van der Waals surface area contributed by atoms with E-state index in [0.29, 0.717) is 53.1 Å². The van der Waals surface area contributed by atoms with E-state index in [4.69, 9.17) is 19.3 Å². The molecule has 0 spiro atoms. The molecule has 3 aromatic carbocycles. The van der Waals surface area contributed by atoms with Gasteiger partial charge in [0.05, 0.1) is 21.3 Å². The number of hydrogen-bond acceptors (Lipinski definition) is 9. The molecule has 0 aliphatic rings. The van der Waals surface area contributed by atoms with Crippen LogP contribution in [0.2, 0.25) is 0 Å². The lowest BCUT2D eigenvalue weighted by Crippen LogP contribution is -1.96. The summed E-state index contributed by atoms with van der Waals surface area (Å²) in [5, 5.41) is 27.6. The van der Waals surface area contributed by atoms with Crippen molar-refractivity contribution in [2.75, 3.05) is 21.3 Å². The van der Waals surface area contributed by atoms with E-state index in [1.807, 2.05) is 0 Å². The van der Waals surface area contributed by atoms with Gasteiger partial charge in [-0.3, -0.25) is 14.4 Å². The molecule has 3 N–H and O–H groups in total. The third kappa shape index (κ3) is 9.21. The van der Waals surface area contributed by atoms with Crippen molar-refractivity contribution in [2.45, 2.75) is 26.7 Å². The van der Waals surface area contributed by atoms with Crippen LogP contribution in [0.5, 0.6) is 34.5 Å². The first-order chi connectivity index (χ1) is 17.6. The summed E-state index contributed by atoms with van der Waals surface area (Å²) in [4.78, 5) is 32.8. The number of Topliss-reactive ketones (excluding diaryl/α,β-unsaturated/α-hetero) is 2. The van der Waals surface area contributed by atoms with Gasteiger partial charge in [-0.25, -0.2) is 0 Å². The number of phenols is 3. The lowest BCUT2D eigenvalue weighted by Gasteiger charge is -2.04. The van der Waals surface area contributed by atoms with E-state index < -0.39 is 0 Å². The standard InChI is InChI=1S/2C10H12O3.C8H8O3/c2*1-3-8(11)7-4-5-9(12)10(6-7)13-2;1-11-8-4-6(5-9)2-3-7(8)10/h2*4-6,12H,3H2,1-2H3;2-5,10H,1H3. The Kier molecular flexibility index (Phi) is 12.7. The molecule has 198 valence electrons. The number of ketones is 2. The molecule has 0 bridgehead atoms.